The summed E-state index contributed by atoms with van der Waals surface area (Å²) in [6.45, 7) is 1.92. The minimum absolute atomic E-state index is 0.200. The SMILES string of the molecule is Cc1cccc(C(=O)c2c(C#N)sc3c2ccc(=O)n3-c2ccccc2)c1. The van der Waals surface area contributed by atoms with Crippen molar-refractivity contribution in [2.45, 2.75) is 6.92 Å². The molecule has 2 aromatic heterocycles. The Morgan fingerprint density at radius 1 is 1.04 bits per heavy atom. The Balaban J connectivity index is 2.02. The van der Waals surface area contributed by atoms with Gasteiger partial charge in [-0.3, -0.25) is 14.2 Å². The first kappa shape index (κ1) is 17.0. The zero-order valence-electron chi connectivity index (χ0n) is 14.5. The van der Waals surface area contributed by atoms with Gasteiger partial charge in [0, 0.05) is 17.0 Å². The molecule has 2 heterocycles. The summed E-state index contributed by atoms with van der Waals surface area (Å²) in [7, 11) is 0. The Hall–Kier alpha value is -3.49. The van der Waals surface area contributed by atoms with Crippen LogP contribution in [-0.4, -0.2) is 10.4 Å². The highest BCUT2D eigenvalue weighted by atomic mass is 32.1. The van der Waals surface area contributed by atoms with Crippen LogP contribution < -0.4 is 5.56 Å². The molecular formula is C22H14N2O2S. The Kier molecular flexibility index (Phi) is 4.19. The predicted octanol–water partition coefficient (Wildman–Crippen LogP) is 4.46. The number of hydrogen-bond donors (Lipinski definition) is 0. The second-order valence-corrected chi connectivity index (χ2v) is 7.18. The molecule has 5 heteroatoms. The monoisotopic (exact) mass is 370 g/mol. The van der Waals surface area contributed by atoms with Crippen LogP contribution >= 0.6 is 11.3 Å². The van der Waals surface area contributed by atoms with Gasteiger partial charge in [-0.15, -0.1) is 11.3 Å². The molecule has 0 aliphatic carbocycles. The number of aromatic nitrogens is 1. The number of para-hydroxylation sites is 1. The van der Waals surface area contributed by atoms with Gasteiger partial charge in [-0.05, 0) is 31.2 Å². The van der Waals surface area contributed by atoms with Crippen LogP contribution in [0.2, 0.25) is 0 Å². The first-order chi connectivity index (χ1) is 13.1. The molecule has 4 aromatic rings. The largest absolute Gasteiger partial charge is 0.289 e. The molecule has 4 nitrogen and oxygen atoms in total. The summed E-state index contributed by atoms with van der Waals surface area (Å²) < 4.78 is 1.55. The fourth-order valence-electron chi connectivity index (χ4n) is 3.14. The van der Waals surface area contributed by atoms with Crippen LogP contribution in [0.25, 0.3) is 15.9 Å². The van der Waals surface area contributed by atoms with Gasteiger partial charge in [0.1, 0.15) is 15.8 Å². The van der Waals surface area contributed by atoms with Crippen LogP contribution in [-0.2, 0) is 0 Å². The average Bonchev–Trinajstić information content (AvgIpc) is 3.06. The zero-order valence-corrected chi connectivity index (χ0v) is 15.3. The van der Waals surface area contributed by atoms with Crippen LogP contribution in [0, 0.1) is 18.3 Å². The number of pyridine rings is 1. The van der Waals surface area contributed by atoms with E-state index in [1.165, 1.54) is 17.4 Å². The second-order valence-electron chi connectivity index (χ2n) is 6.18. The van der Waals surface area contributed by atoms with Gasteiger partial charge in [-0.25, -0.2) is 0 Å². The van der Waals surface area contributed by atoms with Crippen molar-refractivity contribution in [1.82, 2.24) is 4.57 Å². The second kappa shape index (κ2) is 6.67. The molecule has 2 aromatic carbocycles. The number of thiophene rings is 1. The molecule has 0 aliphatic heterocycles. The molecule has 0 aliphatic rings. The van der Waals surface area contributed by atoms with Crippen molar-refractivity contribution in [1.29, 1.82) is 5.26 Å². The van der Waals surface area contributed by atoms with E-state index in [0.29, 0.717) is 31.9 Å². The molecule has 0 spiro atoms. The number of rotatable bonds is 3. The van der Waals surface area contributed by atoms with E-state index < -0.39 is 0 Å². The van der Waals surface area contributed by atoms with Crippen molar-refractivity contribution in [2.24, 2.45) is 0 Å². The summed E-state index contributed by atoms with van der Waals surface area (Å²) in [5, 5.41) is 10.2. The van der Waals surface area contributed by atoms with E-state index in [9.17, 15) is 14.9 Å². The lowest BCUT2D eigenvalue weighted by Gasteiger charge is -2.07. The minimum Gasteiger partial charge on any atom is -0.289 e. The maximum Gasteiger partial charge on any atom is 0.256 e. The molecule has 0 amide bonds. The topological polar surface area (TPSA) is 62.9 Å². The summed E-state index contributed by atoms with van der Waals surface area (Å²) in [4.78, 5) is 26.6. The molecule has 0 radical (unpaired) electrons. The third-order valence-corrected chi connectivity index (χ3v) is 5.46. The van der Waals surface area contributed by atoms with Crippen molar-refractivity contribution < 1.29 is 4.79 Å². The Labute approximate surface area is 159 Å². The number of fused-ring (bicyclic) bond motifs is 1. The normalized spacial score (nSPS) is 10.7. The maximum absolute atomic E-state index is 13.2. The molecule has 0 bridgehead atoms. The fourth-order valence-corrected chi connectivity index (χ4v) is 4.25. The molecule has 0 fully saturated rings. The van der Waals surface area contributed by atoms with Crippen LogP contribution in [0.15, 0.2) is 71.5 Å². The van der Waals surface area contributed by atoms with Crippen molar-refractivity contribution >= 4 is 27.3 Å². The number of aryl methyl sites for hydroxylation is 1. The summed E-state index contributed by atoms with van der Waals surface area (Å²) in [5.41, 5.74) is 2.36. The molecule has 0 N–H and O–H groups in total. The number of carbonyl (C=O) groups excluding carboxylic acids is 1. The summed E-state index contributed by atoms with van der Waals surface area (Å²) in [6, 6.07) is 21.7. The zero-order chi connectivity index (χ0) is 19.0. The van der Waals surface area contributed by atoms with Gasteiger partial charge in [0.25, 0.3) is 5.56 Å². The molecule has 0 unspecified atom stereocenters. The highest BCUT2D eigenvalue weighted by Gasteiger charge is 2.23. The molecule has 4 rings (SSSR count). The van der Waals surface area contributed by atoms with Gasteiger partial charge in [-0.1, -0.05) is 42.0 Å². The minimum atomic E-state index is -0.209. The van der Waals surface area contributed by atoms with Crippen molar-refractivity contribution in [3.05, 3.63) is 98.7 Å². The van der Waals surface area contributed by atoms with Gasteiger partial charge in [-0.2, -0.15) is 5.26 Å². The number of ketones is 1. The highest BCUT2D eigenvalue weighted by molar-refractivity contribution is 7.19. The van der Waals surface area contributed by atoms with Gasteiger partial charge in [0.05, 0.1) is 11.3 Å². The van der Waals surface area contributed by atoms with Crippen molar-refractivity contribution in [3.8, 4) is 11.8 Å². The molecule has 0 atom stereocenters. The summed E-state index contributed by atoms with van der Waals surface area (Å²) in [6.07, 6.45) is 0. The number of carbonyl (C=O) groups is 1. The summed E-state index contributed by atoms with van der Waals surface area (Å²) in [5.74, 6) is -0.209. The molecule has 130 valence electrons. The standard InChI is InChI=1S/C22H14N2O2S/c1-14-6-5-7-15(12-14)21(26)20-17-10-11-19(25)24(16-8-3-2-4-9-16)22(17)27-18(20)13-23/h2-12H,1H3. The van der Waals surface area contributed by atoms with E-state index >= 15 is 0 Å². The first-order valence-electron chi connectivity index (χ1n) is 8.35. The van der Waals surface area contributed by atoms with E-state index in [-0.39, 0.29) is 11.3 Å². The van der Waals surface area contributed by atoms with Gasteiger partial charge in [0.15, 0.2) is 5.78 Å². The number of hydrogen-bond acceptors (Lipinski definition) is 4. The van der Waals surface area contributed by atoms with Gasteiger partial charge in [0.2, 0.25) is 0 Å². The van der Waals surface area contributed by atoms with E-state index in [1.807, 2.05) is 49.4 Å². The maximum atomic E-state index is 13.2. The smallest absolute Gasteiger partial charge is 0.256 e. The van der Waals surface area contributed by atoms with Gasteiger partial charge < -0.3 is 0 Å². The lowest BCUT2D eigenvalue weighted by Crippen LogP contribution is -2.16. The molecule has 0 saturated heterocycles. The number of benzene rings is 2. The van der Waals surface area contributed by atoms with E-state index in [4.69, 9.17) is 0 Å². The third-order valence-electron chi connectivity index (χ3n) is 4.36. The lowest BCUT2D eigenvalue weighted by atomic mass is 10.00. The predicted molar refractivity (Wildman–Crippen MR) is 107 cm³/mol. The van der Waals surface area contributed by atoms with E-state index in [2.05, 4.69) is 6.07 Å². The molecule has 0 saturated carbocycles. The average molecular weight is 370 g/mol. The van der Waals surface area contributed by atoms with Crippen LogP contribution in [0.5, 0.6) is 0 Å². The first-order valence-corrected chi connectivity index (χ1v) is 9.17. The highest BCUT2D eigenvalue weighted by Crippen LogP contribution is 2.33. The Bertz CT molecular complexity index is 1280. The van der Waals surface area contributed by atoms with Crippen LogP contribution in [0.1, 0.15) is 26.4 Å². The Morgan fingerprint density at radius 2 is 1.81 bits per heavy atom. The quantitative estimate of drug-likeness (QED) is 0.500. The van der Waals surface area contributed by atoms with E-state index in [1.54, 1.807) is 22.8 Å². The molecule has 27 heavy (non-hydrogen) atoms. The van der Waals surface area contributed by atoms with Crippen molar-refractivity contribution in [2.75, 3.05) is 0 Å². The fraction of sp³-hybridized carbons (Fsp3) is 0.0455. The Morgan fingerprint density at radius 3 is 2.52 bits per heavy atom. The number of nitriles is 1. The van der Waals surface area contributed by atoms with Gasteiger partial charge >= 0.3 is 0 Å². The third kappa shape index (κ3) is 2.86. The number of nitrogens with zero attached hydrogens (tertiary/aromatic N) is 2. The summed E-state index contributed by atoms with van der Waals surface area (Å²) >= 11 is 1.17. The van der Waals surface area contributed by atoms with Crippen LogP contribution in [0.3, 0.4) is 0 Å². The lowest BCUT2D eigenvalue weighted by molar-refractivity contribution is 0.104. The van der Waals surface area contributed by atoms with Crippen LogP contribution in [0.4, 0.5) is 0 Å². The van der Waals surface area contributed by atoms with Crippen molar-refractivity contribution in [3.63, 3.8) is 0 Å². The molecular weight excluding hydrogens is 356 g/mol. The van der Waals surface area contributed by atoms with E-state index in [0.717, 1.165) is 5.56 Å².